The normalized spacial score (nSPS) is 28.0. The van der Waals surface area contributed by atoms with Gasteiger partial charge in [0.25, 0.3) is 0 Å². The molecule has 98 valence electrons. The summed E-state index contributed by atoms with van der Waals surface area (Å²) in [6.45, 7) is 1.13. The van der Waals surface area contributed by atoms with Crippen LogP contribution in [0.2, 0.25) is 0 Å². The van der Waals surface area contributed by atoms with E-state index in [0.29, 0.717) is 11.9 Å². The van der Waals surface area contributed by atoms with Crippen LogP contribution in [-0.2, 0) is 4.79 Å². The molecule has 0 unspecified atom stereocenters. The summed E-state index contributed by atoms with van der Waals surface area (Å²) in [7, 11) is 3.77. The van der Waals surface area contributed by atoms with Gasteiger partial charge in [-0.15, -0.1) is 0 Å². The number of carbonyl (C=O) groups is 1. The molecular weight excluding hydrogens is 212 g/mol. The van der Waals surface area contributed by atoms with E-state index < -0.39 is 0 Å². The molecule has 1 amide bonds. The summed E-state index contributed by atoms with van der Waals surface area (Å²) in [5.41, 5.74) is 0. The predicted molar refractivity (Wildman–Crippen MR) is 69.9 cm³/mol. The van der Waals surface area contributed by atoms with Crippen LogP contribution in [0, 0.1) is 0 Å². The fraction of sp³-hybridized carbons (Fsp3) is 0.929. The standard InChI is InChI=1S/C14H26N2O/c1-15(2)14(17)13-10-6-7-11-16(13)12-8-4-3-5-9-12/h12-13H,3-11H2,1-2H3/t13-/m0/s1. The highest BCUT2D eigenvalue weighted by Crippen LogP contribution is 2.29. The van der Waals surface area contributed by atoms with Crippen molar-refractivity contribution in [1.82, 2.24) is 9.80 Å². The molecule has 1 saturated heterocycles. The van der Waals surface area contributed by atoms with Crippen molar-refractivity contribution in [2.45, 2.75) is 63.5 Å². The molecule has 17 heavy (non-hydrogen) atoms. The Hall–Kier alpha value is -0.570. The first-order valence-corrected chi connectivity index (χ1v) is 7.17. The van der Waals surface area contributed by atoms with Crippen molar-refractivity contribution in [2.75, 3.05) is 20.6 Å². The van der Waals surface area contributed by atoms with Crippen LogP contribution in [0.5, 0.6) is 0 Å². The molecule has 0 aromatic heterocycles. The monoisotopic (exact) mass is 238 g/mol. The van der Waals surface area contributed by atoms with E-state index in [9.17, 15) is 4.79 Å². The summed E-state index contributed by atoms with van der Waals surface area (Å²) in [5.74, 6) is 0.315. The second-order valence-corrected chi connectivity index (χ2v) is 5.77. The van der Waals surface area contributed by atoms with Crippen LogP contribution in [0.1, 0.15) is 51.4 Å². The van der Waals surface area contributed by atoms with Crippen LogP contribution in [0.15, 0.2) is 0 Å². The third-order valence-corrected chi connectivity index (χ3v) is 4.31. The molecule has 0 aromatic carbocycles. The average Bonchev–Trinajstić information content (AvgIpc) is 2.39. The molecule has 0 radical (unpaired) electrons. The summed E-state index contributed by atoms with van der Waals surface area (Å²) in [5, 5.41) is 0. The van der Waals surface area contributed by atoms with Gasteiger partial charge >= 0.3 is 0 Å². The quantitative estimate of drug-likeness (QED) is 0.737. The minimum Gasteiger partial charge on any atom is -0.347 e. The van der Waals surface area contributed by atoms with Gasteiger partial charge in [0.15, 0.2) is 0 Å². The van der Waals surface area contributed by atoms with Crippen LogP contribution >= 0.6 is 0 Å². The van der Waals surface area contributed by atoms with E-state index in [1.165, 1.54) is 44.9 Å². The lowest BCUT2D eigenvalue weighted by Gasteiger charge is -2.42. The van der Waals surface area contributed by atoms with Gasteiger partial charge in [-0.3, -0.25) is 9.69 Å². The summed E-state index contributed by atoms with van der Waals surface area (Å²) in [4.78, 5) is 16.5. The van der Waals surface area contributed by atoms with E-state index in [1.54, 1.807) is 4.90 Å². The van der Waals surface area contributed by atoms with Gasteiger partial charge in [-0.05, 0) is 32.2 Å². The van der Waals surface area contributed by atoms with Crippen molar-refractivity contribution in [3.8, 4) is 0 Å². The van der Waals surface area contributed by atoms with E-state index in [1.807, 2.05) is 14.1 Å². The summed E-state index contributed by atoms with van der Waals surface area (Å²) < 4.78 is 0. The SMILES string of the molecule is CN(C)C(=O)[C@@H]1CCCCN1C1CCCCC1. The second-order valence-electron chi connectivity index (χ2n) is 5.77. The lowest BCUT2D eigenvalue weighted by atomic mass is 9.90. The molecular formula is C14H26N2O. The van der Waals surface area contributed by atoms with E-state index >= 15 is 0 Å². The number of amides is 1. The highest BCUT2D eigenvalue weighted by molar-refractivity contribution is 5.81. The number of likely N-dealkylation sites (N-methyl/N-ethyl adjacent to an activating group) is 1. The van der Waals surface area contributed by atoms with Gasteiger partial charge in [-0.25, -0.2) is 0 Å². The molecule has 1 heterocycles. The van der Waals surface area contributed by atoms with Gasteiger partial charge in [0.05, 0.1) is 6.04 Å². The molecule has 1 aliphatic heterocycles. The summed E-state index contributed by atoms with van der Waals surface area (Å²) in [6, 6.07) is 0.847. The Balaban J connectivity index is 2.03. The van der Waals surface area contributed by atoms with Gasteiger partial charge in [0.1, 0.15) is 0 Å². The predicted octanol–water partition coefficient (Wildman–Crippen LogP) is 2.26. The maximum absolute atomic E-state index is 12.2. The van der Waals surface area contributed by atoms with Gasteiger partial charge in [0.2, 0.25) is 5.91 Å². The Kier molecular flexibility index (Phi) is 4.43. The number of nitrogens with zero attached hydrogens (tertiary/aromatic N) is 2. The molecule has 0 spiro atoms. The number of rotatable bonds is 2. The number of hydrogen-bond acceptors (Lipinski definition) is 2. The van der Waals surface area contributed by atoms with Crippen LogP contribution in [-0.4, -0.2) is 48.4 Å². The molecule has 0 aromatic rings. The van der Waals surface area contributed by atoms with Crippen molar-refractivity contribution >= 4 is 5.91 Å². The van der Waals surface area contributed by atoms with Crippen LogP contribution in [0.25, 0.3) is 0 Å². The Morgan fingerprint density at radius 2 is 1.65 bits per heavy atom. The number of hydrogen-bond donors (Lipinski definition) is 0. The van der Waals surface area contributed by atoms with Gasteiger partial charge in [-0.1, -0.05) is 25.7 Å². The van der Waals surface area contributed by atoms with Gasteiger partial charge in [-0.2, -0.15) is 0 Å². The van der Waals surface area contributed by atoms with Crippen molar-refractivity contribution in [2.24, 2.45) is 0 Å². The fourth-order valence-corrected chi connectivity index (χ4v) is 3.37. The molecule has 1 saturated carbocycles. The first-order valence-electron chi connectivity index (χ1n) is 7.17. The fourth-order valence-electron chi connectivity index (χ4n) is 3.37. The molecule has 3 heteroatoms. The molecule has 0 N–H and O–H groups in total. The zero-order chi connectivity index (χ0) is 12.3. The third kappa shape index (κ3) is 3.01. The number of likely N-dealkylation sites (tertiary alicyclic amines) is 1. The molecule has 3 nitrogen and oxygen atoms in total. The minimum atomic E-state index is 0.168. The Labute approximate surface area is 105 Å². The molecule has 1 aliphatic carbocycles. The van der Waals surface area contributed by atoms with Crippen LogP contribution in [0.3, 0.4) is 0 Å². The Bertz CT molecular complexity index is 259. The lowest BCUT2D eigenvalue weighted by Crippen LogP contribution is -2.53. The van der Waals surface area contributed by atoms with Crippen LogP contribution < -0.4 is 0 Å². The number of carbonyl (C=O) groups excluding carboxylic acids is 1. The van der Waals surface area contributed by atoms with E-state index in [0.717, 1.165) is 13.0 Å². The van der Waals surface area contributed by atoms with Crippen molar-refractivity contribution < 1.29 is 4.79 Å². The van der Waals surface area contributed by atoms with E-state index in [2.05, 4.69) is 4.90 Å². The molecule has 2 aliphatic rings. The summed E-state index contributed by atoms with van der Waals surface area (Å²) >= 11 is 0. The number of piperidine rings is 1. The second kappa shape index (κ2) is 5.85. The van der Waals surface area contributed by atoms with E-state index in [-0.39, 0.29) is 6.04 Å². The largest absolute Gasteiger partial charge is 0.347 e. The minimum absolute atomic E-state index is 0.168. The smallest absolute Gasteiger partial charge is 0.239 e. The highest BCUT2D eigenvalue weighted by atomic mass is 16.2. The topological polar surface area (TPSA) is 23.6 Å². The highest BCUT2D eigenvalue weighted by Gasteiger charge is 2.34. The summed E-state index contributed by atoms with van der Waals surface area (Å²) in [6.07, 6.45) is 10.2. The average molecular weight is 238 g/mol. The molecule has 2 rings (SSSR count). The molecule has 2 fully saturated rings. The van der Waals surface area contributed by atoms with Crippen molar-refractivity contribution in [3.05, 3.63) is 0 Å². The first kappa shape index (κ1) is 12.9. The lowest BCUT2D eigenvalue weighted by molar-refractivity contribution is -0.137. The first-order chi connectivity index (χ1) is 8.20. The Morgan fingerprint density at radius 1 is 1.00 bits per heavy atom. The Morgan fingerprint density at radius 3 is 2.29 bits per heavy atom. The molecule has 1 atom stereocenters. The van der Waals surface area contributed by atoms with Gasteiger partial charge in [0, 0.05) is 20.1 Å². The maximum Gasteiger partial charge on any atom is 0.239 e. The zero-order valence-electron chi connectivity index (χ0n) is 11.3. The maximum atomic E-state index is 12.2. The van der Waals surface area contributed by atoms with Gasteiger partial charge < -0.3 is 4.90 Å². The van der Waals surface area contributed by atoms with Crippen LogP contribution in [0.4, 0.5) is 0 Å². The zero-order valence-corrected chi connectivity index (χ0v) is 11.3. The van der Waals surface area contributed by atoms with E-state index in [4.69, 9.17) is 0 Å². The van der Waals surface area contributed by atoms with Crippen molar-refractivity contribution in [3.63, 3.8) is 0 Å². The molecule has 0 bridgehead atoms. The van der Waals surface area contributed by atoms with Crippen molar-refractivity contribution in [1.29, 1.82) is 0 Å². The third-order valence-electron chi connectivity index (χ3n) is 4.31.